The molecule has 0 aliphatic carbocycles. The van der Waals surface area contributed by atoms with Gasteiger partial charge in [0.05, 0.1) is 6.54 Å². The fourth-order valence-electron chi connectivity index (χ4n) is 2.56. The molecule has 0 atom stereocenters. The molecule has 3 rings (SSSR count). The molecule has 2 N–H and O–H groups in total. The van der Waals surface area contributed by atoms with E-state index in [-0.39, 0.29) is 29.8 Å². The van der Waals surface area contributed by atoms with Crippen LogP contribution in [0.2, 0.25) is 0 Å². The summed E-state index contributed by atoms with van der Waals surface area (Å²) in [5.41, 5.74) is 1.65. The number of thiophene rings is 1. The highest BCUT2D eigenvalue weighted by molar-refractivity contribution is 14.0. The molecule has 0 saturated heterocycles. The Balaban J connectivity index is 0.00000225. The van der Waals surface area contributed by atoms with Crippen molar-refractivity contribution in [2.24, 2.45) is 4.99 Å². The first-order valence-electron chi connectivity index (χ1n) is 7.82. The van der Waals surface area contributed by atoms with Crippen molar-refractivity contribution in [3.8, 4) is 0 Å². The van der Waals surface area contributed by atoms with Crippen molar-refractivity contribution in [3.63, 3.8) is 0 Å². The highest BCUT2D eigenvalue weighted by Gasteiger charge is 2.11. The summed E-state index contributed by atoms with van der Waals surface area (Å²) in [6.45, 7) is 3.25. The second kappa shape index (κ2) is 9.19. The smallest absolute Gasteiger partial charge is 0.191 e. The lowest BCUT2D eigenvalue weighted by atomic mass is 10.1. The quantitative estimate of drug-likeness (QED) is 0.327. The number of aliphatic imine (C=N–C) groups is 1. The van der Waals surface area contributed by atoms with E-state index >= 15 is 0 Å². The zero-order valence-electron chi connectivity index (χ0n) is 14.1. The third kappa shape index (κ3) is 4.94. The van der Waals surface area contributed by atoms with Crippen molar-refractivity contribution in [1.82, 2.24) is 10.6 Å². The Morgan fingerprint density at radius 2 is 2.12 bits per heavy atom. The molecule has 134 valence electrons. The molecule has 0 spiro atoms. The molecular weight excluding hydrogens is 452 g/mol. The number of benzene rings is 1. The third-order valence-corrected chi connectivity index (χ3v) is 4.82. The third-order valence-electron chi connectivity index (χ3n) is 3.88. The number of furan rings is 1. The van der Waals surface area contributed by atoms with Crippen molar-refractivity contribution >= 4 is 52.2 Å². The molecule has 7 heteroatoms. The normalized spacial score (nSPS) is 11.4. The summed E-state index contributed by atoms with van der Waals surface area (Å²) in [5, 5.41) is 9.41. The van der Waals surface area contributed by atoms with Crippen LogP contribution in [-0.2, 0) is 13.0 Å². The molecule has 0 fully saturated rings. The highest BCUT2D eigenvalue weighted by atomic mass is 127. The number of guanidine groups is 1. The van der Waals surface area contributed by atoms with Crippen molar-refractivity contribution in [1.29, 1.82) is 0 Å². The summed E-state index contributed by atoms with van der Waals surface area (Å²) >= 11 is 1.75. The summed E-state index contributed by atoms with van der Waals surface area (Å²) in [6, 6.07) is 8.76. The number of halogens is 2. The van der Waals surface area contributed by atoms with E-state index in [2.05, 4.69) is 33.1 Å². The van der Waals surface area contributed by atoms with E-state index in [1.165, 1.54) is 17.0 Å². The highest BCUT2D eigenvalue weighted by Crippen LogP contribution is 2.25. The van der Waals surface area contributed by atoms with Gasteiger partial charge in [0.2, 0.25) is 0 Å². The molecule has 4 nitrogen and oxygen atoms in total. The maximum Gasteiger partial charge on any atom is 0.191 e. The minimum absolute atomic E-state index is 0. The van der Waals surface area contributed by atoms with Gasteiger partial charge in [-0.1, -0.05) is 6.07 Å². The van der Waals surface area contributed by atoms with E-state index in [9.17, 15) is 4.39 Å². The molecule has 0 aliphatic rings. The first-order chi connectivity index (χ1) is 11.7. The van der Waals surface area contributed by atoms with Gasteiger partial charge in [-0.05, 0) is 43.0 Å². The van der Waals surface area contributed by atoms with Crippen molar-refractivity contribution in [2.45, 2.75) is 19.9 Å². The Labute approximate surface area is 167 Å². The lowest BCUT2D eigenvalue weighted by Gasteiger charge is -2.10. The maximum absolute atomic E-state index is 13.4. The molecule has 2 aromatic heterocycles. The number of fused-ring (bicyclic) bond motifs is 1. The van der Waals surface area contributed by atoms with Gasteiger partial charge in [0, 0.05) is 29.4 Å². The van der Waals surface area contributed by atoms with E-state index in [1.807, 2.05) is 6.92 Å². The molecule has 2 heterocycles. The fourth-order valence-corrected chi connectivity index (χ4v) is 3.26. The molecule has 3 aromatic rings. The van der Waals surface area contributed by atoms with Crippen molar-refractivity contribution < 1.29 is 8.81 Å². The molecule has 1 aromatic carbocycles. The van der Waals surface area contributed by atoms with Gasteiger partial charge in [-0.25, -0.2) is 4.39 Å². The van der Waals surface area contributed by atoms with Gasteiger partial charge in [0.25, 0.3) is 0 Å². The zero-order chi connectivity index (χ0) is 16.9. The topological polar surface area (TPSA) is 49.6 Å². The number of rotatable bonds is 5. The monoisotopic (exact) mass is 473 g/mol. The summed E-state index contributed by atoms with van der Waals surface area (Å²) in [7, 11) is 1.74. The standard InChI is InChI=1S/C18H20FN3OS.HI/c1-12-15-10-13(19)5-6-16(15)23-17(12)11-22-18(20-2)21-8-7-14-4-3-9-24-14;/h3-6,9-10H,7-8,11H2,1-2H3,(H2,20,21,22);1H. The van der Waals surface area contributed by atoms with E-state index in [0.717, 1.165) is 35.6 Å². The van der Waals surface area contributed by atoms with Gasteiger partial charge in [0.15, 0.2) is 5.96 Å². The van der Waals surface area contributed by atoms with Gasteiger partial charge >= 0.3 is 0 Å². The largest absolute Gasteiger partial charge is 0.459 e. The van der Waals surface area contributed by atoms with Crippen LogP contribution in [0.25, 0.3) is 11.0 Å². The Morgan fingerprint density at radius 3 is 2.84 bits per heavy atom. The van der Waals surface area contributed by atoms with Gasteiger partial charge in [0.1, 0.15) is 17.2 Å². The van der Waals surface area contributed by atoms with Crippen LogP contribution in [0.3, 0.4) is 0 Å². The Hall–Kier alpha value is -1.61. The minimum Gasteiger partial charge on any atom is -0.459 e. The predicted molar refractivity (Wildman–Crippen MR) is 113 cm³/mol. The van der Waals surface area contributed by atoms with E-state index in [1.54, 1.807) is 24.5 Å². The molecular formula is C18H21FIN3OS. The van der Waals surface area contributed by atoms with Crippen LogP contribution < -0.4 is 10.6 Å². The summed E-state index contributed by atoms with van der Waals surface area (Å²) in [4.78, 5) is 5.56. The van der Waals surface area contributed by atoms with E-state index < -0.39 is 0 Å². The van der Waals surface area contributed by atoms with E-state index in [0.29, 0.717) is 12.1 Å². The number of nitrogens with one attached hydrogen (secondary N) is 2. The van der Waals surface area contributed by atoms with Gasteiger partial charge < -0.3 is 15.1 Å². The SMILES string of the molecule is CN=C(NCCc1cccs1)NCc1oc2ccc(F)cc2c1C.I. The van der Waals surface area contributed by atoms with E-state index in [4.69, 9.17) is 4.42 Å². The number of hydrogen-bond donors (Lipinski definition) is 2. The maximum atomic E-state index is 13.4. The Morgan fingerprint density at radius 1 is 1.28 bits per heavy atom. The molecule has 0 amide bonds. The van der Waals surface area contributed by atoms with Gasteiger partial charge in [-0.15, -0.1) is 35.3 Å². The average molecular weight is 473 g/mol. The molecule has 0 saturated carbocycles. The summed E-state index contributed by atoms with van der Waals surface area (Å²) < 4.78 is 19.2. The van der Waals surface area contributed by atoms with Crippen molar-refractivity contribution in [3.05, 3.63) is 57.7 Å². The van der Waals surface area contributed by atoms with Crippen LogP contribution in [0.15, 0.2) is 45.1 Å². The molecule has 0 aliphatic heterocycles. The summed E-state index contributed by atoms with van der Waals surface area (Å²) in [6.07, 6.45) is 0.960. The molecule has 0 radical (unpaired) electrons. The zero-order valence-corrected chi connectivity index (χ0v) is 17.3. The van der Waals surface area contributed by atoms with Crippen LogP contribution in [-0.4, -0.2) is 19.6 Å². The number of aryl methyl sites for hydroxylation is 1. The lowest BCUT2D eigenvalue weighted by molar-refractivity contribution is 0.534. The predicted octanol–water partition coefficient (Wildman–Crippen LogP) is 4.47. The second-order valence-corrected chi connectivity index (χ2v) is 6.50. The summed E-state index contributed by atoms with van der Waals surface area (Å²) in [5.74, 6) is 1.26. The second-order valence-electron chi connectivity index (χ2n) is 5.47. The number of hydrogen-bond acceptors (Lipinski definition) is 3. The average Bonchev–Trinajstić information content (AvgIpc) is 3.20. The first kappa shape index (κ1) is 19.7. The van der Waals surface area contributed by atoms with Crippen LogP contribution >= 0.6 is 35.3 Å². The van der Waals surface area contributed by atoms with Gasteiger partial charge in [-0.2, -0.15) is 0 Å². The van der Waals surface area contributed by atoms with Crippen LogP contribution in [0, 0.1) is 12.7 Å². The van der Waals surface area contributed by atoms with Crippen LogP contribution in [0.5, 0.6) is 0 Å². The fraction of sp³-hybridized carbons (Fsp3) is 0.278. The van der Waals surface area contributed by atoms with Gasteiger partial charge in [-0.3, -0.25) is 4.99 Å². The first-order valence-corrected chi connectivity index (χ1v) is 8.70. The molecule has 25 heavy (non-hydrogen) atoms. The minimum atomic E-state index is -0.253. The van der Waals surface area contributed by atoms with Crippen LogP contribution in [0.1, 0.15) is 16.2 Å². The van der Waals surface area contributed by atoms with Crippen molar-refractivity contribution in [2.75, 3.05) is 13.6 Å². The Kier molecular flexibility index (Phi) is 7.24. The molecule has 0 unspecified atom stereocenters. The Bertz CT molecular complexity index is 846. The molecule has 0 bridgehead atoms. The van der Waals surface area contributed by atoms with Crippen LogP contribution in [0.4, 0.5) is 4.39 Å². The lowest BCUT2D eigenvalue weighted by Crippen LogP contribution is -2.37. The number of nitrogens with zero attached hydrogens (tertiary/aromatic N) is 1.